The van der Waals surface area contributed by atoms with Crippen LogP contribution in [0.1, 0.15) is 25.6 Å². The Bertz CT molecular complexity index is 1110. The number of carbonyl (C=O) groups is 2. The van der Waals surface area contributed by atoms with Crippen molar-refractivity contribution in [3.05, 3.63) is 70.0 Å². The lowest BCUT2D eigenvalue weighted by Crippen LogP contribution is -2.49. The topological polar surface area (TPSA) is 84.0 Å². The van der Waals surface area contributed by atoms with Gasteiger partial charge in [0.1, 0.15) is 17.3 Å². The number of amides is 2. The van der Waals surface area contributed by atoms with E-state index in [9.17, 15) is 9.59 Å². The Hall–Kier alpha value is -3.59. The molecule has 8 nitrogen and oxygen atoms in total. The van der Waals surface area contributed by atoms with E-state index in [2.05, 4.69) is 15.2 Å². The van der Waals surface area contributed by atoms with Crippen molar-refractivity contribution in [2.45, 2.75) is 6.54 Å². The number of anilines is 1. The van der Waals surface area contributed by atoms with Crippen LogP contribution < -0.4 is 19.7 Å². The average Bonchev–Trinajstić information content (AvgIpc) is 3.40. The normalized spacial score (nSPS) is 13.5. The van der Waals surface area contributed by atoms with Gasteiger partial charge in [0.2, 0.25) is 0 Å². The number of hydrogen-bond donors (Lipinski definition) is 1. The maximum Gasteiger partial charge on any atom is 0.257 e. The van der Waals surface area contributed by atoms with Crippen LogP contribution >= 0.6 is 11.3 Å². The van der Waals surface area contributed by atoms with Crippen LogP contribution in [0.5, 0.6) is 11.5 Å². The Kier molecular flexibility index (Phi) is 7.09. The molecule has 0 radical (unpaired) electrons. The Morgan fingerprint density at radius 2 is 1.85 bits per heavy atom. The quantitative estimate of drug-likeness (QED) is 0.576. The number of nitrogens with one attached hydrogen (secondary N) is 1. The molecule has 9 heteroatoms. The molecular weight excluding hydrogens is 440 g/mol. The van der Waals surface area contributed by atoms with E-state index in [0.717, 1.165) is 4.88 Å². The molecule has 3 aromatic rings. The van der Waals surface area contributed by atoms with Crippen molar-refractivity contribution in [3.8, 4) is 11.5 Å². The van der Waals surface area contributed by atoms with Gasteiger partial charge in [-0.1, -0.05) is 6.07 Å². The van der Waals surface area contributed by atoms with Crippen LogP contribution in [0.2, 0.25) is 0 Å². The third-order valence-electron chi connectivity index (χ3n) is 5.54. The predicted octanol–water partition coefficient (Wildman–Crippen LogP) is 3.05. The van der Waals surface area contributed by atoms with Crippen LogP contribution in [-0.4, -0.2) is 62.1 Å². The second kappa shape index (κ2) is 10.4. The number of rotatable bonds is 7. The molecular formula is C24H26N4O4S. The summed E-state index contributed by atoms with van der Waals surface area (Å²) in [5, 5.41) is 4.95. The molecule has 0 unspecified atom stereocenters. The lowest BCUT2D eigenvalue weighted by molar-refractivity contribution is 0.0742. The molecule has 0 bridgehead atoms. The molecule has 4 rings (SSSR count). The summed E-state index contributed by atoms with van der Waals surface area (Å²) in [6.07, 6.45) is 1.69. The zero-order chi connectivity index (χ0) is 23.2. The molecule has 33 heavy (non-hydrogen) atoms. The highest BCUT2D eigenvalue weighted by Crippen LogP contribution is 2.27. The summed E-state index contributed by atoms with van der Waals surface area (Å²) in [6.45, 7) is 2.66. The first-order valence-electron chi connectivity index (χ1n) is 10.6. The van der Waals surface area contributed by atoms with Gasteiger partial charge in [-0.15, -0.1) is 11.3 Å². The number of benzene rings is 1. The summed E-state index contributed by atoms with van der Waals surface area (Å²) in [5.41, 5.74) is 1.03. The van der Waals surface area contributed by atoms with E-state index in [-0.39, 0.29) is 11.8 Å². The van der Waals surface area contributed by atoms with Crippen LogP contribution in [0.4, 0.5) is 5.82 Å². The van der Waals surface area contributed by atoms with Gasteiger partial charge >= 0.3 is 0 Å². The predicted molar refractivity (Wildman–Crippen MR) is 127 cm³/mol. The number of aromatic nitrogens is 1. The van der Waals surface area contributed by atoms with Crippen LogP contribution in [0, 0.1) is 0 Å². The Morgan fingerprint density at radius 3 is 2.55 bits per heavy atom. The van der Waals surface area contributed by atoms with Gasteiger partial charge in [-0.3, -0.25) is 9.59 Å². The fourth-order valence-electron chi connectivity index (χ4n) is 3.77. The minimum absolute atomic E-state index is 0.0934. The zero-order valence-electron chi connectivity index (χ0n) is 18.6. The van der Waals surface area contributed by atoms with E-state index in [1.165, 1.54) is 7.11 Å². The molecule has 1 saturated heterocycles. The first-order valence-corrected chi connectivity index (χ1v) is 11.5. The maximum atomic E-state index is 13.1. The minimum atomic E-state index is -0.159. The largest absolute Gasteiger partial charge is 0.497 e. The van der Waals surface area contributed by atoms with Crippen molar-refractivity contribution in [3.63, 3.8) is 0 Å². The lowest BCUT2D eigenvalue weighted by Gasteiger charge is -2.36. The van der Waals surface area contributed by atoms with E-state index in [4.69, 9.17) is 9.47 Å². The maximum absolute atomic E-state index is 13.1. The average molecular weight is 467 g/mol. The van der Waals surface area contributed by atoms with Gasteiger partial charge in [0.15, 0.2) is 0 Å². The first kappa shape index (κ1) is 22.6. The zero-order valence-corrected chi connectivity index (χ0v) is 19.4. The van der Waals surface area contributed by atoms with Crippen molar-refractivity contribution < 1.29 is 19.1 Å². The van der Waals surface area contributed by atoms with E-state index in [1.807, 2.05) is 17.5 Å². The fourth-order valence-corrected chi connectivity index (χ4v) is 4.41. The summed E-state index contributed by atoms with van der Waals surface area (Å²) in [5.74, 6) is 1.50. The van der Waals surface area contributed by atoms with Gasteiger partial charge in [-0.2, -0.15) is 0 Å². The third kappa shape index (κ3) is 5.09. The van der Waals surface area contributed by atoms with Crippen molar-refractivity contribution >= 4 is 29.0 Å². The van der Waals surface area contributed by atoms with E-state index < -0.39 is 0 Å². The fraction of sp³-hybridized carbons (Fsp3) is 0.292. The van der Waals surface area contributed by atoms with E-state index >= 15 is 0 Å². The number of thiophene rings is 1. The standard InChI is InChI=1S/C24H26N4O4S/c1-31-17-7-8-19(21(15-17)32-2)24(30)28-12-10-27(11-13-28)22-20(6-3-9-25-22)23(29)26-16-18-5-4-14-33-18/h3-9,14-15H,10-13,16H2,1-2H3,(H,26,29). The number of nitrogens with zero attached hydrogens (tertiary/aromatic N) is 3. The second-order valence-corrected chi connectivity index (χ2v) is 8.51. The number of pyridine rings is 1. The second-order valence-electron chi connectivity index (χ2n) is 7.48. The first-order chi connectivity index (χ1) is 16.1. The number of methoxy groups -OCH3 is 2. The summed E-state index contributed by atoms with van der Waals surface area (Å²) in [7, 11) is 3.11. The molecule has 1 aliphatic heterocycles. The molecule has 1 aliphatic rings. The smallest absolute Gasteiger partial charge is 0.257 e. The highest BCUT2D eigenvalue weighted by Gasteiger charge is 2.27. The highest BCUT2D eigenvalue weighted by atomic mass is 32.1. The number of ether oxygens (including phenoxy) is 2. The van der Waals surface area contributed by atoms with Gasteiger partial charge < -0.3 is 24.6 Å². The molecule has 0 saturated carbocycles. The molecule has 1 fully saturated rings. The van der Waals surface area contributed by atoms with Gasteiger partial charge in [0, 0.05) is 43.3 Å². The molecule has 172 valence electrons. The summed E-state index contributed by atoms with van der Waals surface area (Å²) in [6, 6.07) is 12.7. The Morgan fingerprint density at radius 1 is 1.03 bits per heavy atom. The van der Waals surface area contributed by atoms with E-state index in [1.54, 1.807) is 59.9 Å². The van der Waals surface area contributed by atoms with Crippen molar-refractivity contribution in [1.82, 2.24) is 15.2 Å². The molecule has 3 heterocycles. The van der Waals surface area contributed by atoms with Gasteiger partial charge in [0.05, 0.1) is 31.9 Å². The molecule has 2 amide bonds. The third-order valence-corrected chi connectivity index (χ3v) is 6.42. The highest BCUT2D eigenvalue weighted by molar-refractivity contribution is 7.09. The van der Waals surface area contributed by atoms with Crippen LogP contribution in [-0.2, 0) is 6.54 Å². The SMILES string of the molecule is COc1ccc(C(=O)N2CCN(c3ncccc3C(=O)NCc3cccs3)CC2)c(OC)c1. The number of piperazine rings is 1. The van der Waals surface area contributed by atoms with Gasteiger partial charge in [0.25, 0.3) is 11.8 Å². The summed E-state index contributed by atoms with van der Waals surface area (Å²) < 4.78 is 10.6. The van der Waals surface area contributed by atoms with Crippen LogP contribution in [0.3, 0.4) is 0 Å². The molecule has 1 N–H and O–H groups in total. The number of hydrogen-bond acceptors (Lipinski definition) is 7. The monoisotopic (exact) mass is 466 g/mol. The minimum Gasteiger partial charge on any atom is -0.497 e. The Balaban J connectivity index is 1.42. The van der Waals surface area contributed by atoms with Crippen LogP contribution in [0.15, 0.2) is 54.0 Å². The number of carbonyl (C=O) groups excluding carboxylic acids is 2. The lowest BCUT2D eigenvalue weighted by atomic mass is 10.1. The molecule has 2 aromatic heterocycles. The molecule has 1 aromatic carbocycles. The Labute approximate surface area is 196 Å². The van der Waals surface area contributed by atoms with Crippen molar-refractivity contribution in [2.75, 3.05) is 45.3 Å². The van der Waals surface area contributed by atoms with Crippen molar-refractivity contribution in [1.29, 1.82) is 0 Å². The molecule has 0 aliphatic carbocycles. The van der Waals surface area contributed by atoms with Crippen LogP contribution in [0.25, 0.3) is 0 Å². The van der Waals surface area contributed by atoms with E-state index in [0.29, 0.717) is 61.2 Å². The molecule has 0 atom stereocenters. The summed E-state index contributed by atoms with van der Waals surface area (Å²) >= 11 is 1.60. The van der Waals surface area contributed by atoms with Gasteiger partial charge in [-0.05, 0) is 35.7 Å². The van der Waals surface area contributed by atoms with Crippen molar-refractivity contribution in [2.24, 2.45) is 0 Å². The molecule has 0 spiro atoms. The summed E-state index contributed by atoms with van der Waals surface area (Å²) in [4.78, 5) is 35.3. The van der Waals surface area contributed by atoms with Gasteiger partial charge in [-0.25, -0.2) is 4.98 Å².